The molecule has 3 heterocycles. The van der Waals surface area contributed by atoms with Gasteiger partial charge >= 0.3 is 0 Å². The van der Waals surface area contributed by atoms with E-state index >= 15 is 0 Å². The minimum absolute atomic E-state index is 0.270. The first-order valence-electron chi connectivity index (χ1n) is 10.5. The molecule has 1 fully saturated rings. The maximum absolute atomic E-state index is 10.5. The molecule has 2 aliphatic rings. The van der Waals surface area contributed by atoms with Crippen molar-refractivity contribution in [2.45, 2.75) is 31.5 Å². The van der Waals surface area contributed by atoms with E-state index in [9.17, 15) is 5.11 Å². The number of likely N-dealkylation sites (tertiary alicyclic amines) is 1. The van der Waals surface area contributed by atoms with Gasteiger partial charge in [-0.3, -0.25) is 4.90 Å². The minimum Gasteiger partial charge on any atom is -0.454 e. The molecule has 0 radical (unpaired) electrons. The van der Waals surface area contributed by atoms with Crippen molar-refractivity contribution in [3.8, 4) is 11.5 Å². The monoisotopic (exact) mass is 426 g/mol. The topological polar surface area (TPSA) is 64.1 Å². The van der Waals surface area contributed by atoms with Crippen LogP contribution in [0.4, 0.5) is 0 Å². The van der Waals surface area contributed by atoms with Gasteiger partial charge in [0, 0.05) is 19.0 Å². The number of ether oxygens (including phenoxy) is 3. The number of piperidine rings is 1. The van der Waals surface area contributed by atoms with Crippen molar-refractivity contribution in [1.29, 1.82) is 0 Å². The molecular weight excluding hydrogens is 400 g/mol. The number of hydrogen-bond donors (Lipinski definition) is 1. The van der Waals surface area contributed by atoms with Crippen molar-refractivity contribution < 1.29 is 19.3 Å². The van der Waals surface area contributed by atoms with Gasteiger partial charge in [0.05, 0.1) is 34.5 Å². The Labute approximate surface area is 180 Å². The van der Waals surface area contributed by atoms with Crippen LogP contribution in [0.15, 0.2) is 42.5 Å². The molecule has 30 heavy (non-hydrogen) atoms. The standard InChI is InChI=1S/C23H26N2O4S/c26-18(14-27-13-16-7-8-20-21(10-16)29-15-28-20)12-25-9-3-4-17(11-25)23-24-19-5-1-2-6-22(19)30-23/h1-2,5-8,10,17-18,26H,3-4,9,11-15H2. The molecule has 3 aromatic rings. The lowest BCUT2D eigenvalue weighted by atomic mass is 9.98. The Morgan fingerprint density at radius 1 is 1.20 bits per heavy atom. The summed E-state index contributed by atoms with van der Waals surface area (Å²) in [4.78, 5) is 7.19. The number of aromatic nitrogens is 1. The molecule has 2 unspecified atom stereocenters. The smallest absolute Gasteiger partial charge is 0.231 e. The Hall–Kier alpha value is -2.19. The van der Waals surface area contributed by atoms with Crippen LogP contribution in [0.3, 0.4) is 0 Å². The molecular formula is C23H26N2O4S. The highest BCUT2D eigenvalue weighted by atomic mass is 32.1. The van der Waals surface area contributed by atoms with Crippen LogP contribution in [0.25, 0.3) is 10.2 Å². The fraction of sp³-hybridized carbons (Fsp3) is 0.435. The number of thiazole rings is 1. The van der Waals surface area contributed by atoms with Crippen molar-refractivity contribution >= 4 is 21.6 Å². The Morgan fingerprint density at radius 2 is 2.10 bits per heavy atom. The van der Waals surface area contributed by atoms with E-state index in [2.05, 4.69) is 23.1 Å². The second-order valence-corrected chi connectivity index (χ2v) is 9.04. The highest BCUT2D eigenvalue weighted by molar-refractivity contribution is 7.18. The van der Waals surface area contributed by atoms with Crippen LogP contribution in [0.1, 0.15) is 29.3 Å². The molecule has 2 aliphatic heterocycles. The number of rotatable bonds is 7. The molecule has 2 atom stereocenters. The summed E-state index contributed by atoms with van der Waals surface area (Å²) in [5.74, 6) is 1.97. The molecule has 158 valence electrons. The van der Waals surface area contributed by atoms with Gasteiger partial charge in [0.25, 0.3) is 0 Å². The second kappa shape index (κ2) is 8.89. The van der Waals surface area contributed by atoms with E-state index in [0.29, 0.717) is 25.7 Å². The molecule has 2 aromatic carbocycles. The maximum Gasteiger partial charge on any atom is 0.231 e. The van der Waals surface area contributed by atoms with Gasteiger partial charge in [-0.05, 0) is 49.2 Å². The van der Waals surface area contributed by atoms with Crippen LogP contribution in [-0.4, -0.2) is 54.1 Å². The van der Waals surface area contributed by atoms with Gasteiger partial charge in [0.1, 0.15) is 0 Å². The summed E-state index contributed by atoms with van der Waals surface area (Å²) in [5.41, 5.74) is 2.10. The Balaban J connectivity index is 1.11. The number of aliphatic hydroxyl groups excluding tert-OH is 1. The fourth-order valence-corrected chi connectivity index (χ4v) is 5.28. The quantitative estimate of drug-likeness (QED) is 0.620. The van der Waals surface area contributed by atoms with Crippen LogP contribution >= 0.6 is 11.3 Å². The van der Waals surface area contributed by atoms with Crippen LogP contribution in [0, 0.1) is 0 Å². The minimum atomic E-state index is -0.506. The molecule has 6 nitrogen and oxygen atoms in total. The molecule has 7 heteroatoms. The Bertz CT molecular complexity index is 975. The molecule has 5 rings (SSSR count). The second-order valence-electron chi connectivity index (χ2n) is 7.98. The number of benzene rings is 2. The summed E-state index contributed by atoms with van der Waals surface area (Å²) in [6.07, 6.45) is 1.78. The molecule has 1 aromatic heterocycles. The third-order valence-corrected chi connectivity index (χ3v) is 6.85. The van der Waals surface area contributed by atoms with Crippen molar-refractivity contribution in [3.63, 3.8) is 0 Å². The SMILES string of the molecule is OC(COCc1ccc2c(c1)OCO2)CN1CCCC(c2nc3ccccc3s2)C1. The Kier molecular flexibility index (Phi) is 5.86. The normalized spacial score (nSPS) is 20.0. The first-order valence-corrected chi connectivity index (χ1v) is 11.3. The van der Waals surface area contributed by atoms with Crippen LogP contribution < -0.4 is 9.47 Å². The summed E-state index contributed by atoms with van der Waals surface area (Å²) in [5, 5.41) is 11.7. The van der Waals surface area contributed by atoms with Gasteiger partial charge < -0.3 is 19.3 Å². The zero-order valence-corrected chi connectivity index (χ0v) is 17.6. The number of fused-ring (bicyclic) bond motifs is 2. The summed E-state index contributed by atoms with van der Waals surface area (Å²) < 4.78 is 17.7. The predicted molar refractivity (Wildman–Crippen MR) is 116 cm³/mol. The molecule has 1 saturated heterocycles. The van der Waals surface area contributed by atoms with Gasteiger partial charge in [-0.15, -0.1) is 11.3 Å². The number of hydrogen-bond acceptors (Lipinski definition) is 7. The van der Waals surface area contributed by atoms with E-state index < -0.39 is 6.10 Å². The highest BCUT2D eigenvalue weighted by Crippen LogP contribution is 2.34. The fourth-order valence-electron chi connectivity index (χ4n) is 4.18. The van der Waals surface area contributed by atoms with Crippen molar-refractivity contribution in [2.24, 2.45) is 0 Å². The van der Waals surface area contributed by atoms with Gasteiger partial charge in [-0.2, -0.15) is 0 Å². The third kappa shape index (κ3) is 4.44. The molecule has 1 N–H and O–H groups in total. The summed E-state index contributed by atoms with van der Waals surface area (Å²) in [7, 11) is 0. The molecule has 0 bridgehead atoms. The first-order chi connectivity index (χ1) is 14.7. The lowest BCUT2D eigenvalue weighted by Gasteiger charge is -2.33. The van der Waals surface area contributed by atoms with Gasteiger partial charge in [0.2, 0.25) is 6.79 Å². The largest absolute Gasteiger partial charge is 0.454 e. The van der Waals surface area contributed by atoms with Crippen molar-refractivity contribution in [2.75, 3.05) is 33.0 Å². The zero-order chi connectivity index (χ0) is 20.3. The average Bonchev–Trinajstić information content (AvgIpc) is 3.40. The lowest BCUT2D eigenvalue weighted by molar-refractivity contribution is 0.00568. The van der Waals surface area contributed by atoms with Crippen LogP contribution in [0.5, 0.6) is 11.5 Å². The number of para-hydroxylation sites is 1. The number of β-amino-alcohol motifs (C(OH)–C–C–N with tert-alkyl or cyclic N) is 1. The van der Waals surface area contributed by atoms with Gasteiger partial charge in [0.15, 0.2) is 11.5 Å². The lowest BCUT2D eigenvalue weighted by Crippen LogP contribution is -2.40. The van der Waals surface area contributed by atoms with Crippen LogP contribution in [-0.2, 0) is 11.3 Å². The predicted octanol–water partition coefficient (Wildman–Crippen LogP) is 3.78. The summed E-state index contributed by atoms with van der Waals surface area (Å²) in [6, 6.07) is 14.1. The molecule has 0 spiro atoms. The van der Waals surface area contributed by atoms with Crippen molar-refractivity contribution in [1.82, 2.24) is 9.88 Å². The number of nitrogens with zero attached hydrogens (tertiary/aromatic N) is 2. The van der Waals surface area contributed by atoms with Crippen LogP contribution in [0.2, 0.25) is 0 Å². The summed E-state index contributed by atoms with van der Waals surface area (Å²) >= 11 is 1.80. The zero-order valence-electron chi connectivity index (χ0n) is 16.8. The highest BCUT2D eigenvalue weighted by Gasteiger charge is 2.25. The van der Waals surface area contributed by atoms with E-state index in [1.165, 1.54) is 9.71 Å². The summed E-state index contributed by atoms with van der Waals surface area (Å²) in [6.45, 7) is 3.62. The van der Waals surface area contributed by atoms with E-state index in [1.54, 1.807) is 11.3 Å². The third-order valence-electron chi connectivity index (χ3n) is 5.65. The van der Waals surface area contributed by atoms with E-state index in [0.717, 1.165) is 48.5 Å². The number of aliphatic hydroxyl groups is 1. The molecule has 0 amide bonds. The first kappa shape index (κ1) is 19.8. The van der Waals surface area contributed by atoms with E-state index in [-0.39, 0.29) is 6.79 Å². The maximum atomic E-state index is 10.5. The van der Waals surface area contributed by atoms with E-state index in [4.69, 9.17) is 19.2 Å². The average molecular weight is 427 g/mol. The molecule has 0 saturated carbocycles. The van der Waals surface area contributed by atoms with Gasteiger partial charge in [-0.25, -0.2) is 4.98 Å². The van der Waals surface area contributed by atoms with E-state index in [1.807, 2.05) is 24.3 Å². The Morgan fingerprint density at radius 3 is 3.03 bits per heavy atom. The van der Waals surface area contributed by atoms with Crippen molar-refractivity contribution in [3.05, 3.63) is 53.0 Å². The van der Waals surface area contributed by atoms with Gasteiger partial charge in [-0.1, -0.05) is 18.2 Å². The molecule has 0 aliphatic carbocycles.